The lowest BCUT2D eigenvalue weighted by atomic mass is 9.96. The van der Waals surface area contributed by atoms with Crippen molar-refractivity contribution in [1.82, 2.24) is 4.90 Å². The molecule has 1 saturated heterocycles. The molecule has 0 aromatic carbocycles. The molecule has 0 aromatic heterocycles. The van der Waals surface area contributed by atoms with Gasteiger partial charge in [0.15, 0.2) is 0 Å². The Balaban J connectivity index is 1.88. The smallest absolute Gasteiger partial charge is 0.229 e. The Kier molecular flexibility index (Phi) is 1.86. The van der Waals surface area contributed by atoms with Gasteiger partial charge in [0.25, 0.3) is 0 Å². The third kappa shape index (κ3) is 1.65. The van der Waals surface area contributed by atoms with Gasteiger partial charge in [-0.1, -0.05) is 0 Å². The van der Waals surface area contributed by atoms with E-state index in [-0.39, 0.29) is 11.8 Å². The van der Waals surface area contributed by atoms with Crippen LogP contribution >= 0.6 is 23.2 Å². The van der Waals surface area contributed by atoms with Crippen LogP contribution in [0.15, 0.2) is 0 Å². The van der Waals surface area contributed by atoms with Gasteiger partial charge in [-0.2, -0.15) is 0 Å². The van der Waals surface area contributed by atoms with Crippen LogP contribution in [-0.2, 0) is 4.79 Å². The molecule has 2 fully saturated rings. The van der Waals surface area contributed by atoms with Crippen molar-refractivity contribution >= 4 is 29.1 Å². The third-order valence-electron chi connectivity index (χ3n) is 2.50. The van der Waals surface area contributed by atoms with Crippen molar-refractivity contribution in [1.29, 1.82) is 0 Å². The molecule has 74 valence electrons. The minimum Gasteiger partial charge on any atom is -0.386 e. The molecule has 0 bridgehead atoms. The van der Waals surface area contributed by atoms with Crippen molar-refractivity contribution in [3.63, 3.8) is 0 Å². The first-order valence-electron chi connectivity index (χ1n) is 4.21. The lowest BCUT2D eigenvalue weighted by Gasteiger charge is -2.44. The number of halogens is 2. The monoisotopic (exact) mass is 223 g/mol. The highest BCUT2D eigenvalue weighted by Crippen LogP contribution is 2.54. The van der Waals surface area contributed by atoms with Gasteiger partial charge in [0, 0.05) is 0 Å². The van der Waals surface area contributed by atoms with E-state index in [1.807, 2.05) is 0 Å². The highest BCUT2D eigenvalue weighted by Gasteiger charge is 2.59. The van der Waals surface area contributed by atoms with E-state index in [0.29, 0.717) is 19.5 Å². The second-order valence-corrected chi connectivity index (χ2v) is 5.75. The normalized spacial score (nSPS) is 33.8. The predicted octanol–water partition coefficient (Wildman–Crippen LogP) is 0.773. The molecule has 0 spiro atoms. The Labute approximate surface area is 86.6 Å². The fourth-order valence-corrected chi connectivity index (χ4v) is 2.13. The van der Waals surface area contributed by atoms with Gasteiger partial charge < -0.3 is 10.0 Å². The summed E-state index contributed by atoms with van der Waals surface area (Å²) in [6.45, 7) is 2.50. The molecule has 2 aliphatic rings. The number of hydrogen-bond acceptors (Lipinski definition) is 2. The predicted molar refractivity (Wildman–Crippen MR) is 49.7 cm³/mol. The fraction of sp³-hybridized carbons (Fsp3) is 0.875. The number of hydrogen-bond donors (Lipinski definition) is 1. The minimum atomic E-state index is -0.849. The van der Waals surface area contributed by atoms with Crippen LogP contribution in [0, 0.1) is 5.92 Å². The van der Waals surface area contributed by atoms with Crippen LogP contribution in [0.4, 0.5) is 0 Å². The Hall–Kier alpha value is 0.01000. The SMILES string of the molecule is CC1(O)CN(C(=O)C2CC2(Cl)Cl)C1. The first kappa shape index (κ1) is 9.56. The molecule has 1 amide bonds. The molecule has 13 heavy (non-hydrogen) atoms. The zero-order valence-electron chi connectivity index (χ0n) is 7.26. The van der Waals surface area contributed by atoms with E-state index in [2.05, 4.69) is 0 Å². The summed E-state index contributed by atoms with van der Waals surface area (Å²) in [4.78, 5) is 13.1. The second-order valence-electron chi connectivity index (χ2n) is 4.21. The Morgan fingerprint density at radius 1 is 1.54 bits per heavy atom. The van der Waals surface area contributed by atoms with Gasteiger partial charge in [0.1, 0.15) is 4.33 Å². The molecule has 1 heterocycles. The number of alkyl halides is 2. The lowest BCUT2D eigenvalue weighted by Crippen LogP contribution is -2.62. The van der Waals surface area contributed by atoms with Crippen LogP contribution < -0.4 is 0 Å². The van der Waals surface area contributed by atoms with Crippen molar-refractivity contribution < 1.29 is 9.90 Å². The number of rotatable bonds is 1. The van der Waals surface area contributed by atoms with E-state index < -0.39 is 9.93 Å². The van der Waals surface area contributed by atoms with Crippen molar-refractivity contribution in [2.45, 2.75) is 23.3 Å². The van der Waals surface area contributed by atoms with Gasteiger partial charge in [-0.15, -0.1) is 23.2 Å². The summed E-state index contributed by atoms with van der Waals surface area (Å²) in [6.07, 6.45) is 0.535. The van der Waals surface area contributed by atoms with Gasteiger partial charge in [0.05, 0.1) is 24.6 Å². The molecule has 1 aliphatic heterocycles. The summed E-state index contributed by atoms with van der Waals surface area (Å²) in [5, 5.41) is 9.40. The van der Waals surface area contributed by atoms with Crippen LogP contribution in [-0.4, -0.2) is 38.9 Å². The van der Waals surface area contributed by atoms with Crippen LogP contribution in [0.1, 0.15) is 13.3 Å². The maximum atomic E-state index is 11.5. The highest BCUT2D eigenvalue weighted by molar-refractivity contribution is 6.52. The summed E-state index contributed by atoms with van der Waals surface area (Å²) < 4.78 is -0.849. The molecular formula is C8H11Cl2NO2. The van der Waals surface area contributed by atoms with Crippen LogP contribution in [0.2, 0.25) is 0 Å². The number of carbonyl (C=O) groups is 1. The van der Waals surface area contributed by atoms with Crippen LogP contribution in [0.3, 0.4) is 0 Å². The maximum absolute atomic E-state index is 11.5. The van der Waals surface area contributed by atoms with Crippen molar-refractivity contribution in [3.8, 4) is 0 Å². The van der Waals surface area contributed by atoms with Crippen LogP contribution in [0.25, 0.3) is 0 Å². The van der Waals surface area contributed by atoms with Crippen molar-refractivity contribution in [2.75, 3.05) is 13.1 Å². The van der Waals surface area contributed by atoms with Gasteiger partial charge in [-0.3, -0.25) is 4.79 Å². The van der Waals surface area contributed by atoms with E-state index in [1.165, 1.54) is 0 Å². The number of aliphatic hydroxyl groups is 1. The average Bonchev–Trinajstić information content (AvgIpc) is 2.53. The molecule has 1 aliphatic carbocycles. The van der Waals surface area contributed by atoms with E-state index in [4.69, 9.17) is 23.2 Å². The Morgan fingerprint density at radius 3 is 2.31 bits per heavy atom. The standard InChI is InChI=1S/C8H11Cl2NO2/c1-7(13)3-11(4-7)6(12)5-2-8(5,9)10/h5,13H,2-4H2,1H3. The molecule has 0 aromatic rings. The molecule has 0 radical (unpaired) electrons. The van der Waals surface area contributed by atoms with Crippen molar-refractivity contribution in [2.24, 2.45) is 5.92 Å². The molecule has 1 atom stereocenters. The van der Waals surface area contributed by atoms with Crippen LogP contribution in [0.5, 0.6) is 0 Å². The molecule has 1 saturated carbocycles. The third-order valence-corrected chi connectivity index (χ3v) is 3.33. The van der Waals surface area contributed by atoms with E-state index in [0.717, 1.165) is 0 Å². The highest BCUT2D eigenvalue weighted by atomic mass is 35.5. The molecule has 1 N–H and O–H groups in total. The first-order chi connectivity index (χ1) is 5.82. The molecule has 1 unspecified atom stereocenters. The fourth-order valence-electron chi connectivity index (χ4n) is 1.63. The van der Waals surface area contributed by atoms with E-state index >= 15 is 0 Å². The van der Waals surface area contributed by atoms with Gasteiger partial charge in [-0.25, -0.2) is 0 Å². The van der Waals surface area contributed by atoms with Crippen molar-refractivity contribution in [3.05, 3.63) is 0 Å². The summed E-state index contributed by atoms with van der Waals surface area (Å²) in [7, 11) is 0. The lowest BCUT2D eigenvalue weighted by molar-refractivity contribution is -0.153. The molecular weight excluding hydrogens is 213 g/mol. The zero-order valence-corrected chi connectivity index (χ0v) is 8.77. The number of carbonyl (C=O) groups excluding carboxylic acids is 1. The van der Waals surface area contributed by atoms with Gasteiger partial charge in [-0.05, 0) is 13.3 Å². The summed E-state index contributed by atoms with van der Waals surface area (Å²) in [6, 6.07) is 0. The Morgan fingerprint density at radius 2 is 2.00 bits per heavy atom. The summed E-state index contributed by atoms with van der Waals surface area (Å²) >= 11 is 11.5. The van der Waals surface area contributed by atoms with E-state index in [9.17, 15) is 9.90 Å². The molecule has 2 rings (SSSR count). The summed E-state index contributed by atoms with van der Waals surface area (Å²) in [5.74, 6) is -0.288. The number of amides is 1. The zero-order chi connectivity index (χ0) is 9.85. The minimum absolute atomic E-state index is 0.0310. The quantitative estimate of drug-likeness (QED) is 0.668. The topological polar surface area (TPSA) is 40.5 Å². The molecule has 3 nitrogen and oxygen atoms in total. The average molecular weight is 224 g/mol. The maximum Gasteiger partial charge on any atom is 0.229 e. The first-order valence-corrected chi connectivity index (χ1v) is 4.96. The molecule has 5 heteroatoms. The number of likely N-dealkylation sites (tertiary alicyclic amines) is 1. The van der Waals surface area contributed by atoms with Gasteiger partial charge in [0.2, 0.25) is 5.91 Å². The Bertz CT molecular complexity index is 257. The van der Waals surface area contributed by atoms with Gasteiger partial charge >= 0.3 is 0 Å². The summed E-state index contributed by atoms with van der Waals surface area (Å²) in [5.41, 5.74) is -0.716. The largest absolute Gasteiger partial charge is 0.386 e. The van der Waals surface area contributed by atoms with E-state index in [1.54, 1.807) is 11.8 Å². The number of β-amino-alcohol motifs (C(OH)–C–C–N with tert-alkyl or cyclic N) is 1. The second kappa shape index (κ2) is 2.53. The number of nitrogens with zero attached hydrogens (tertiary/aromatic N) is 1.